The molecule has 0 aliphatic heterocycles. The molecule has 240 valence electrons. The van der Waals surface area contributed by atoms with Gasteiger partial charge in [-0.25, -0.2) is 0 Å². The molecule has 8 aliphatic carbocycles. The summed E-state index contributed by atoms with van der Waals surface area (Å²) in [5, 5.41) is 0. The van der Waals surface area contributed by atoms with E-state index in [0.29, 0.717) is 0 Å². The number of allylic oxidation sites excluding steroid dienone is 2. The van der Waals surface area contributed by atoms with Crippen molar-refractivity contribution in [3.05, 3.63) is 24.3 Å². The van der Waals surface area contributed by atoms with Gasteiger partial charge in [0.2, 0.25) is 0 Å². The fourth-order valence-corrected chi connectivity index (χ4v) is 10.6. The molecule has 0 aromatic carbocycles. The molecule has 0 heteroatoms. The highest BCUT2D eigenvalue weighted by Gasteiger charge is 2.47. The first-order valence-corrected chi connectivity index (χ1v) is 19.4. The van der Waals surface area contributed by atoms with Gasteiger partial charge in [-0.3, -0.25) is 0 Å². The molecule has 8 unspecified atom stereocenters. The van der Waals surface area contributed by atoms with Gasteiger partial charge in [0.25, 0.3) is 0 Å². The van der Waals surface area contributed by atoms with Gasteiger partial charge in [0.1, 0.15) is 0 Å². The molecule has 8 saturated carbocycles. The summed E-state index contributed by atoms with van der Waals surface area (Å²) in [5.74, 6) is 8.35. The molecule has 0 nitrogen and oxygen atoms in total. The Bertz CT molecular complexity index is 802. The lowest BCUT2D eigenvalue weighted by atomic mass is 9.80. The predicted molar refractivity (Wildman–Crippen MR) is 185 cm³/mol. The van der Waals surface area contributed by atoms with Crippen molar-refractivity contribution in [2.45, 2.75) is 182 Å². The maximum absolute atomic E-state index is 4.08. The van der Waals surface area contributed by atoms with Crippen molar-refractivity contribution in [3.8, 4) is 0 Å². The highest BCUT2D eigenvalue weighted by Crippen LogP contribution is 2.59. The van der Waals surface area contributed by atoms with Crippen molar-refractivity contribution >= 4 is 0 Å². The van der Waals surface area contributed by atoms with Gasteiger partial charge >= 0.3 is 0 Å². The van der Waals surface area contributed by atoms with Crippen molar-refractivity contribution in [1.29, 1.82) is 0 Å². The van der Waals surface area contributed by atoms with Crippen molar-refractivity contribution in [3.63, 3.8) is 0 Å². The monoisotopic (exact) mass is 577 g/mol. The summed E-state index contributed by atoms with van der Waals surface area (Å²) in [7, 11) is 0. The van der Waals surface area contributed by atoms with Gasteiger partial charge in [-0.1, -0.05) is 90.5 Å². The zero-order valence-corrected chi connectivity index (χ0v) is 29.0. The van der Waals surface area contributed by atoms with Crippen LogP contribution < -0.4 is 0 Å². The normalized spacial score (nSPS) is 42.4. The van der Waals surface area contributed by atoms with E-state index in [-0.39, 0.29) is 0 Å². The van der Waals surface area contributed by atoms with Gasteiger partial charge in [-0.2, -0.15) is 0 Å². The standard InChI is InChI=1S/C21H36.C13H20.2C4H8/c1-16-3-7-20(12-16)9-5-18(14-20)11-19-6-10-21(15-19)8-4-17(2)13-21;1-10-3-5-12(7-10)9-13-6-4-11(2)8-13;2*1-4-2-3-4/h16-19H,3-15H2,1-2H3;12-13H,1-9H2;2*4H,2-3H2,1H3. The maximum atomic E-state index is 4.08. The smallest absolute Gasteiger partial charge is 0.0292 e. The van der Waals surface area contributed by atoms with Crippen LogP contribution in [-0.4, -0.2) is 0 Å². The van der Waals surface area contributed by atoms with Crippen molar-refractivity contribution in [2.75, 3.05) is 0 Å². The summed E-state index contributed by atoms with van der Waals surface area (Å²) < 4.78 is 0. The van der Waals surface area contributed by atoms with E-state index in [1.54, 1.807) is 70.6 Å². The SMILES string of the molecule is C=C1CCC(CC2CCC(=C)C2)C1.CC1CC1.CC1CC1.CC1CCC2(CCC(CC3CCC4(CCC(C)C4)C3)C2)C1. The Morgan fingerprint density at radius 1 is 0.452 bits per heavy atom. The van der Waals surface area contributed by atoms with Crippen LogP contribution in [-0.2, 0) is 0 Å². The van der Waals surface area contributed by atoms with E-state index >= 15 is 0 Å². The van der Waals surface area contributed by atoms with E-state index in [0.717, 1.165) is 58.2 Å². The van der Waals surface area contributed by atoms with E-state index in [4.69, 9.17) is 0 Å². The van der Waals surface area contributed by atoms with Crippen LogP contribution in [0.25, 0.3) is 0 Å². The molecule has 8 atom stereocenters. The van der Waals surface area contributed by atoms with Crippen LogP contribution >= 0.6 is 0 Å². The highest BCUT2D eigenvalue weighted by atomic mass is 14.5. The molecule has 0 radical (unpaired) electrons. The summed E-state index contributed by atoms with van der Waals surface area (Å²) in [6, 6.07) is 0. The van der Waals surface area contributed by atoms with Crippen LogP contribution in [0, 0.1) is 58.2 Å². The molecule has 0 saturated heterocycles. The van der Waals surface area contributed by atoms with E-state index in [1.165, 1.54) is 94.6 Å². The highest BCUT2D eigenvalue weighted by molar-refractivity contribution is 5.06. The Labute approximate surface area is 263 Å². The van der Waals surface area contributed by atoms with Gasteiger partial charge in [-0.05, 0) is 174 Å². The first-order valence-electron chi connectivity index (χ1n) is 19.4. The third-order valence-electron chi connectivity index (χ3n) is 13.5. The molecule has 0 heterocycles. The Morgan fingerprint density at radius 3 is 1.10 bits per heavy atom. The van der Waals surface area contributed by atoms with Crippen molar-refractivity contribution in [1.82, 2.24) is 0 Å². The topological polar surface area (TPSA) is 0 Å². The summed E-state index contributed by atoms with van der Waals surface area (Å²) in [5.41, 5.74) is 4.62. The molecule has 0 amide bonds. The summed E-state index contributed by atoms with van der Waals surface area (Å²) in [6.45, 7) is 17.7. The van der Waals surface area contributed by atoms with Gasteiger partial charge in [0.15, 0.2) is 0 Å². The Balaban J connectivity index is 0.000000141. The first kappa shape index (κ1) is 32.9. The molecule has 0 bridgehead atoms. The average molecular weight is 577 g/mol. The Kier molecular flexibility index (Phi) is 11.5. The molecular formula is C42H72. The lowest BCUT2D eigenvalue weighted by Gasteiger charge is -2.25. The Morgan fingerprint density at radius 2 is 0.810 bits per heavy atom. The van der Waals surface area contributed by atoms with Crippen LogP contribution in [0.2, 0.25) is 0 Å². The van der Waals surface area contributed by atoms with Gasteiger partial charge in [0, 0.05) is 0 Å². The van der Waals surface area contributed by atoms with Crippen LogP contribution in [0.3, 0.4) is 0 Å². The first-order chi connectivity index (χ1) is 20.1. The average Bonchev–Trinajstić information content (AvgIpc) is 3.46. The van der Waals surface area contributed by atoms with Crippen LogP contribution in [0.5, 0.6) is 0 Å². The zero-order chi connectivity index (χ0) is 29.7. The van der Waals surface area contributed by atoms with Gasteiger partial charge in [-0.15, -0.1) is 0 Å². The largest absolute Gasteiger partial charge is 0.0999 e. The van der Waals surface area contributed by atoms with Crippen LogP contribution in [0.1, 0.15) is 182 Å². The molecule has 0 aromatic heterocycles. The summed E-state index contributed by atoms with van der Waals surface area (Å²) in [4.78, 5) is 0. The van der Waals surface area contributed by atoms with E-state index < -0.39 is 0 Å². The number of hydrogen-bond acceptors (Lipinski definition) is 0. The number of hydrogen-bond donors (Lipinski definition) is 0. The van der Waals surface area contributed by atoms with E-state index in [2.05, 4.69) is 40.9 Å². The minimum Gasteiger partial charge on any atom is -0.0999 e. The fourth-order valence-electron chi connectivity index (χ4n) is 10.6. The summed E-state index contributed by atoms with van der Waals surface area (Å²) in [6.07, 6.45) is 35.8. The summed E-state index contributed by atoms with van der Waals surface area (Å²) >= 11 is 0. The second-order valence-electron chi connectivity index (χ2n) is 18.5. The maximum Gasteiger partial charge on any atom is -0.0292 e. The van der Waals surface area contributed by atoms with Crippen molar-refractivity contribution < 1.29 is 0 Å². The molecule has 8 aliphatic rings. The lowest BCUT2D eigenvalue weighted by Crippen LogP contribution is -2.14. The lowest BCUT2D eigenvalue weighted by molar-refractivity contribution is 0.253. The number of rotatable bonds is 4. The van der Waals surface area contributed by atoms with E-state index in [1.807, 2.05) is 0 Å². The molecule has 42 heavy (non-hydrogen) atoms. The minimum atomic E-state index is 0.822. The van der Waals surface area contributed by atoms with Gasteiger partial charge < -0.3 is 0 Å². The van der Waals surface area contributed by atoms with Crippen molar-refractivity contribution in [2.24, 2.45) is 58.2 Å². The molecule has 2 spiro atoms. The zero-order valence-electron chi connectivity index (χ0n) is 29.0. The predicted octanol–water partition coefficient (Wildman–Crippen LogP) is 13.5. The minimum absolute atomic E-state index is 0.822. The van der Waals surface area contributed by atoms with Crippen LogP contribution in [0.15, 0.2) is 24.3 Å². The molecular weight excluding hydrogens is 504 g/mol. The molecule has 0 aromatic rings. The second-order valence-corrected chi connectivity index (χ2v) is 18.5. The molecule has 8 fully saturated rings. The Hall–Kier alpha value is -0.520. The third kappa shape index (κ3) is 10.3. The van der Waals surface area contributed by atoms with Gasteiger partial charge in [0.05, 0.1) is 0 Å². The second kappa shape index (κ2) is 14.7. The van der Waals surface area contributed by atoms with E-state index in [9.17, 15) is 0 Å². The molecule has 8 rings (SSSR count). The fraction of sp³-hybridized carbons (Fsp3) is 0.905. The quantitative estimate of drug-likeness (QED) is 0.292. The molecule has 0 N–H and O–H groups in total. The van der Waals surface area contributed by atoms with Crippen LogP contribution in [0.4, 0.5) is 0 Å². The third-order valence-corrected chi connectivity index (χ3v) is 13.5.